The molecule has 1 aromatic heterocycles. The molecule has 3 aromatic rings. The molecule has 0 spiro atoms. The number of carbonyl (C=O) groups is 1. The van der Waals surface area contributed by atoms with Crippen molar-refractivity contribution in [1.29, 1.82) is 0 Å². The highest BCUT2D eigenvalue weighted by Gasteiger charge is 2.12. The average molecular weight is 427 g/mol. The maximum Gasteiger partial charge on any atom is 0.244 e. The minimum Gasteiger partial charge on any atom is -0.345 e. The number of halogens is 1. The van der Waals surface area contributed by atoms with Crippen LogP contribution in [0, 0.1) is 6.92 Å². The lowest BCUT2D eigenvalue weighted by atomic mass is 10.2. The van der Waals surface area contributed by atoms with Gasteiger partial charge in [-0.25, -0.2) is 0 Å². The van der Waals surface area contributed by atoms with Crippen molar-refractivity contribution in [2.24, 2.45) is 0 Å². The molecule has 0 aliphatic rings. The molecule has 0 fully saturated rings. The third-order valence-electron chi connectivity index (χ3n) is 4.34. The molecule has 0 bridgehead atoms. The second kappa shape index (κ2) is 10.3. The number of amides is 1. The van der Waals surface area contributed by atoms with Crippen LogP contribution in [0.4, 0.5) is 0 Å². The Bertz CT molecular complexity index is 998. The van der Waals surface area contributed by atoms with E-state index in [1.165, 1.54) is 17.2 Å². The molecule has 0 radical (unpaired) electrons. The summed E-state index contributed by atoms with van der Waals surface area (Å²) in [5, 5.41) is 12.9. The quantitative estimate of drug-likeness (QED) is 0.412. The van der Waals surface area contributed by atoms with Gasteiger partial charge in [-0.15, -0.1) is 10.2 Å². The van der Waals surface area contributed by atoms with E-state index in [0.29, 0.717) is 11.6 Å². The molecule has 29 heavy (non-hydrogen) atoms. The van der Waals surface area contributed by atoms with Gasteiger partial charge >= 0.3 is 0 Å². The minimum absolute atomic E-state index is 0.204. The van der Waals surface area contributed by atoms with Crippen molar-refractivity contribution in [3.63, 3.8) is 0 Å². The maximum absolute atomic E-state index is 12.1. The van der Waals surface area contributed by atoms with Gasteiger partial charge in [-0.3, -0.25) is 4.79 Å². The Balaban J connectivity index is 1.57. The molecule has 0 aliphatic carbocycles. The van der Waals surface area contributed by atoms with Gasteiger partial charge in [0.05, 0.1) is 6.54 Å². The number of rotatable bonds is 8. The van der Waals surface area contributed by atoms with E-state index in [1.54, 1.807) is 23.9 Å². The van der Waals surface area contributed by atoms with Crippen molar-refractivity contribution < 1.29 is 4.79 Å². The summed E-state index contributed by atoms with van der Waals surface area (Å²) in [6.07, 6.45) is 3.17. The van der Waals surface area contributed by atoms with E-state index in [0.717, 1.165) is 28.8 Å². The SMILES string of the molecule is CCn1c(CNC(=O)C=Cc2ccccc2Cl)nnc1SCc1ccc(C)cc1. The Morgan fingerprint density at radius 1 is 1.17 bits per heavy atom. The maximum atomic E-state index is 12.1. The molecule has 150 valence electrons. The van der Waals surface area contributed by atoms with Crippen LogP contribution in [-0.2, 0) is 23.6 Å². The van der Waals surface area contributed by atoms with E-state index in [2.05, 4.69) is 46.7 Å². The van der Waals surface area contributed by atoms with Crippen molar-refractivity contribution in [2.75, 3.05) is 0 Å². The zero-order valence-corrected chi connectivity index (χ0v) is 18.0. The Morgan fingerprint density at radius 2 is 1.93 bits per heavy atom. The molecule has 1 N–H and O–H groups in total. The van der Waals surface area contributed by atoms with E-state index in [-0.39, 0.29) is 5.91 Å². The standard InChI is InChI=1S/C22H23ClN4OS/c1-3-27-20(14-24-21(28)13-12-18-6-4-5-7-19(18)23)25-26-22(27)29-15-17-10-8-16(2)9-11-17/h4-13H,3,14-15H2,1-2H3,(H,24,28). The van der Waals surface area contributed by atoms with E-state index in [4.69, 9.17) is 11.6 Å². The Hall–Kier alpha value is -2.57. The molecule has 2 aromatic carbocycles. The Kier molecular flexibility index (Phi) is 7.49. The predicted octanol–water partition coefficient (Wildman–Crippen LogP) is 4.88. The van der Waals surface area contributed by atoms with Crippen molar-refractivity contribution >= 4 is 35.3 Å². The van der Waals surface area contributed by atoms with Gasteiger partial charge in [0.15, 0.2) is 11.0 Å². The number of aromatic nitrogens is 3. The number of thioether (sulfide) groups is 1. The first-order valence-corrected chi connectivity index (χ1v) is 10.7. The van der Waals surface area contributed by atoms with Crippen LogP contribution in [0.2, 0.25) is 5.02 Å². The van der Waals surface area contributed by atoms with Crippen molar-refractivity contribution in [3.05, 3.63) is 82.1 Å². The number of hydrogen-bond donors (Lipinski definition) is 1. The van der Waals surface area contributed by atoms with Gasteiger partial charge in [0, 0.05) is 23.4 Å². The number of hydrogen-bond acceptors (Lipinski definition) is 4. The molecule has 7 heteroatoms. The van der Waals surface area contributed by atoms with Crippen molar-refractivity contribution in [3.8, 4) is 0 Å². The lowest BCUT2D eigenvalue weighted by Gasteiger charge is -2.08. The zero-order valence-electron chi connectivity index (χ0n) is 16.4. The van der Waals surface area contributed by atoms with Crippen LogP contribution in [-0.4, -0.2) is 20.7 Å². The summed E-state index contributed by atoms with van der Waals surface area (Å²) in [5.41, 5.74) is 3.29. The summed E-state index contributed by atoms with van der Waals surface area (Å²) in [6, 6.07) is 15.8. The summed E-state index contributed by atoms with van der Waals surface area (Å²) < 4.78 is 2.02. The molecular weight excluding hydrogens is 404 g/mol. The molecular formula is C22H23ClN4OS. The van der Waals surface area contributed by atoms with Crippen LogP contribution in [0.5, 0.6) is 0 Å². The van der Waals surface area contributed by atoms with Crippen molar-refractivity contribution in [2.45, 2.75) is 37.8 Å². The highest BCUT2D eigenvalue weighted by molar-refractivity contribution is 7.98. The molecule has 0 aliphatic heterocycles. The highest BCUT2D eigenvalue weighted by atomic mass is 35.5. The van der Waals surface area contributed by atoms with E-state index in [9.17, 15) is 4.79 Å². The first-order valence-electron chi connectivity index (χ1n) is 9.37. The molecule has 0 saturated carbocycles. The van der Waals surface area contributed by atoms with Crippen LogP contribution in [0.25, 0.3) is 6.08 Å². The smallest absolute Gasteiger partial charge is 0.244 e. The summed E-state index contributed by atoms with van der Waals surface area (Å²) >= 11 is 7.74. The number of nitrogens with zero attached hydrogens (tertiary/aromatic N) is 3. The van der Waals surface area contributed by atoms with Crippen LogP contribution in [0.1, 0.15) is 29.4 Å². The normalized spacial score (nSPS) is 11.1. The fourth-order valence-corrected chi connectivity index (χ4v) is 3.88. The summed E-state index contributed by atoms with van der Waals surface area (Å²) in [5.74, 6) is 1.36. The monoisotopic (exact) mass is 426 g/mol. The highest BCUT2D eigenvalue weighted by Crippen LogP contribution is 2.22. The first kappa shape index (κ1) is 21.1. The van der Waals surface area contributed by atoms with Crippen molar-refractivity contribution in [1.82, 2.24) is 20.1 Å². The fraction of sp³-hybridized carbons (Fsp3) is 0.227. The largest absolute Gasteiger partial charge is 0.345 e. The van der Waals surface area contributed by atoms with Crippen LogP contribution >= 0.6 is 23.4 Å². The number of nitrogens with one attached hydrogen (secondary N) is 1. The van der Waals surface area contributed by atoms with E-state index >= 15 is 0 Å². The fourth-order valence-electron chi connectivity index (χ4n) is 2.71. The lowest BCUT2D eigenvalue weighted by Crippen LogP contribution is -2.22. The number of benzene rings is 2. The molecule has 1 amide bonds. The van der Waals surface area contributed by atoms with Gasteiger partial charge in [-0.1, -0.05) is 71.4 Å². The first-order chi connectivity index (χ1) is 14.1. The van der Waals surface area contributed by atoms with Gasteiger partial charge in [-0.05, 0) is 37.1 Å². The lowest BCUT2D eigenvalue weighted by molar-refractivity contribution is -0.116. The zero-order chi connectivity index (χ0) is 20.6. The van der Waals surface area contributed by atoms with E-state index in [1.807, 2.05) is 29.7 Å². The van der Waals surface area contributed by atoms with Crippen LogP contribution < -0.4 is 5.32 Å². The molecule has 0 unspecified atom stereocenters. The Labute approximate surface area is 180 Å². The second-order valence-corrected chi connectivity index (χ2v) is 7.84. The van der Waals surface area contributed by atoms with Gasteiger partial charge in [0.2, 0.25) is 5.91 Å². The van der Waals surface area contributed by atoms with Gasteiger partial charge < -0.3 is 9.88 Å². The molecule has 0 saturated heterocycles. The molecule has 1 heterocycles. The third-order valence-corrected chi connectivity index (χ3v) is 5.72. The van der Waals surface area contributed by atoms with Crippen LogP contribution in [0.3, 0.4) is 0 Å². The Morgan fingerprint density at radius 3 is 2.66 bits per heavy atom. The number of aryl methyl sites for hydroxylation is 1. The summed E-state index contributed by atoms with van der Waals surface area (Å²) in [7, 11) is 0. The van der Waals surface area contributed by atoms with E-state index < -0.39 is 0 Å². The third kappa shape index (κ3) is 5.95. The molecule has 5 nitrogen and oxygen atoms in total. The summed E-state index contributed by atoms with van der Waals surface area (Å²) in [6.45, 7) is 5.18. The molecule has 0 atom stereocenters. The predicted molar refractivity (Wildman–Crippen MR) is 119 cm³/mol. The average Bonchev–Trinajstić information content (AvgIpc) is 3.13. The van der Waals surface area contributed by atoms with Gasteiger partial charge in [0.25, 0.3) is 0 Å². The summed E-state index contributed by atoms with van der Waals surface area (Å²) in [4.78, 5) is 12.1. The molecule has 3 rings (SSSR count). The second-order valence-electron chi connectivity index (χ2n) is 6.49. The van der Waals surface area contributed by atoms with Gasteiger partial charge in [-0.2, -0.15) is 0 Å². The van der Waals surface area contributed by atoms with Crippen LogP contribution in [0.15, 0.2) is 59.8 Å². The number of carbonyl (C=O) groups excluding carboxylic acids is 1. The minimum atomic E-state index is -0.204. The van der Waals surface area contributed by atoms with Gasteiger partial charge in [0.1, 0.15) is 0 Å². The topological polar surface area (TPSA) is 59.8 Å².